The smallest absolute Gasteiger partial charge is 0.292 e. The molecule has 0 aliphatic carbocycles. The van der Waals surface area contributed by atoms with Crippen LogP contribution in [0.4, 0.5) is 11.4 Å². The fourth-order valence-corrected chi connectivity index (χ4v) is 2.25. The summed E-state index contributed by atoms with van der Waals surface area (Å²) >= 11 is 0. The first-order valence-corrected chi connectivity index (χ1v) is 7.32. The van der Waals surface area contributed by atoms with Crippen LogP contribution in [0.15, 0.2) is 42.5 Å². The molecule has 0 aliphatic rings. The monoisotopic (exact) mass is 313 g/mol. The number of carbonyl (C=O) groups is 1. The topological polar surface area (TPSA) is 84.3 Å². The minimum Gasteiger partial charge on any atom is -0.378 e. The summed E-state index contributed by atoms with van der Waals surface area (Å²) in [5.74, 6) is -0.143. The van der Waals surface area contributed by atoms with Gasteiger partial charge in [-0.25, -0.2) is 0 Å². The van der Waals surface area contributed by atoms with Crippen LogP contribution in [0.2, 0.25) is 0 Å². The van der Waals surface area contributed by atoms with Crippen molar-refractivity contribution in [3.63, 3.8) is 0 Å². The fourth-order valence-electron chi connectivity index (χ4n) is 2.25. The molecule has 23 heavy (non-hydrogen) atoms. The first-order chi connectivity index (χ1) is 11.0. The van der Waals surface area contributed by atoms with Crippen molar-refractivity contribution >= 4 is 17.3 Å². The Bertz CT molecular complexity index is 729. The van der Waals surface area contributed by atoms with E-state index in [1.807, 2.05) is 26.0 Å². The number of nitro benzene ring substituents is 1. The summed E-state index contributed by atoms with van der Waals surface area (Å²) in [6.07, 6.45) is 0. The van der Waals surface area contributed by atoms with Crippen LogP contribution in [0, 0.1) is 24.0 Å². The third kappa shape index (κ3) is 4.06. The Labute approximate surface area is 134 Å². The lowest BCUT2D eigenvalue weighted by molar-refractivity contribution is -0.384. The molecule has 120 valence electrons. The van der Waals surface area contributed by atoms with Crippen molar-refractivity contribution < 1.29 is 9.72 Å². The van der Waals surface area contributed by atoms with Crippen LogP contribution in [0.25, 0.3) is 0 Å². The third-order valence-corrected chi connectivity index (χ3v) is 3.68. The lowest BCUT2D eigenvalue weighted by atomic mass is 10.0. The highest BCUT2D eigenvalue weighted by molar-refractivity contribution is 5.95. The zero-order valence-electron chi connectivity index (χ0n) is 13.1. The maximum atomic E-state index is 12.2. The molecule has 0 saturated carbocycles. The third-order valence-electron chi connectivity index (χ3n) is 3.68. The Hall–Kier alpha value is -2.89. The predicted octanol–water partition coefficient (Wildman–Crippen LogP) is 3.05. The Morgan fingerprint density at radius 2 is 1.83 bits per heavy atom. The van der Waals surface area contributed by atoms with Gasteiger partial charge in [-0.2, -0.15) is 0 Å². The van der Waals surface area contributed by atoms with Crippen LogP contribution in [-0.4, -0.2) is 23.9 Å². The molecule has 1 amide bonds. The number of anilines is 1. The highest BCUT2D eigenvalue weighted by Crippen LogP contribution is 2.22. The van der Waals surface area contributed by atoms with Crippen LogP contribution in [0.1, 0.15) is 21.5 Å². The summed E-state index contributed by atoms with van der Waals surface area (Å²) in [5.41, 5.74) is 3.13. The van der Waals surface area contributed by atoms with E-state index in [-0.39, 0.29) is 11.6 Å². The van der Waals surface area contributed by atoms with Gasteiger partial charge in [0.05, 0.1) is 4.92 Å². The van der Waals surface area contributed by atoms with Gasteiger partial charge >= 0.3 is 0 Å². The maximum Gasteiger partial charge on any atom is 0.292 e. The van der Waals surface area contributed by atoms with E-state index in [4.69, 9.17) is 0 Å². The number of nitro groups is 1. The van der Waals surface area contributed by atoms with Crippen molar-refractivity contribution in [2.45, 2.75) is 13.8 Å². The second kappa shape index (κ2) is 7.40. The van der Waals surface area contributed by atoms with E-state index in [0.717, 1.165) is 11.1 Å². The Morgan fingerprint density at radius 3 is 2.57 bits per heavy atom. The molecule has 6 heteroatoms. The summed E-state index contributed by atoms with van der Waals surface area (Å²) in [6, 6.07) is 12.0. The summed E-state index contributed by atoms with van der Waals surface area (Å²) in [4.78, 5) is 22.6. The maximum absolute atomic E-state index is 12.2. The van der Waals surface area contributed by atoms with E-state index in [1.54, 1.807) is 24.3 Å². The SMILES string of the molecule is Cc1cccc(C(=O)NCCNc2ccccc2[N+](=O)[O-])c1C. The standard InChI is InChI=1S/C17H19N3O3/c1-12-6-5-7-14(13(12)2)17(21)19-11-10-18-15-8-3-4-9-16(15)20(22)23/h3-9,18H,10-11H2,1-2H3,(H,19,21). The normalized spacial score (nSPS) is 10.2. The van der Waals surface area contributed by atoms with Crippen molar-refractivity contribution in [1.29, 1.82) is 0 Å². The molecule has 6 nitrogen and oxygen atoms in total. The number of amides is 1. The summed E-state index contributed by atoms with van der Waals surface area (Å²) in [6.45, 7) is 4.65. The number of aryl methyl sites for hydroxylation is 1. The van der Waals surface area contributed by atoms with Crippen molar-refractivity contribution in [1.82, 2.24) is 5.32 Å². The molecule has 0 heterocycles. The lowest BCUT2D eigenvalue weighted by Crippen LogP contribution is -2.29. The Kier molecular flexibility index (Phi) is 5.30. The molecule has 2 N–H and O–H groups in total. The second-order valence-corrected chi connectivity index (χ2v) is 5.20. The van der Waals surface area contributed by atoms with E-state index in [0.29, 0.717) is 24.3 Å². The van der Waals surface area contributed by atoms with Crippen LogP contribution in [0.5, 0.6) is 0 Å². The molecular weight excluding hydrogens is 294 g/mol. The lowest BCUT2D eigenvalue weighted by Gasteiger charge is -2.10. The number of benzene rings is 2. The van der Waals surface area contributed by atoms with Gasteiger partial charge in [0.25, 0.3) is 11.6 Å². The molecule has 2 aromatic carbocycles. The van der Waals surface area contributed by atoms with Crippen molar-refractivity contribution in [3.05, 3.63) is 69.3 Å². The van der Waals surface area contributed by atoms with E-state index in [1.165, 1.54) is 6.07 Å². The Balaban J connectivity index is 1.90. The molecule has 0 unspecified atom stereocenters. The van der Waals surface area contributed by atoms with Crippen LogP contribution in [0.3, 0.4) is 0 Å². The average Bonchev–Trinajstić information content (AvgIpc) is 2.54. The first kappa shape index (κ1) is 16.5. The summed E-state index contributed by atoms with van der Waals surface area (Å²) < 4.78 is 0. The van der Waals surface area contributed by atoms with Gasteiger partial charge < -0.3 is 10.6 Å². The molecule has 0 radical (unpaired) electrons. The quantitative estimate of drug-likeness (QED) is 0.488. The predicted molar refractivity (Wildman–Crippen MR) is 89.8 cm³/mol. The number of hydrogen-bond donors (Lipinski definition) is 2. The zero-order valence-corrected chi connectivity index (χ0v) is 13.1. The molecular formula is C17H19N3O3. The van der Waals surface area contributed by atoms with Crippen LogP contribution in [-0.2, 0) is 0 Å². The number of nitrogens with zero attached hydrogens (tertiary/aromatic N) is 1. The number of nitrogens with one attached hydrogen (secondary N) is 2. The molecule has 0 bridgehead atoms. The Morgan fingerprint density at radius 1 is 1.09 bits per heavy atom. The van der Waals surface area contributed by atoms with Gasteiger partial charge in [-0.15, -0.1) is 0 Å². The van der Waals surface area contributed by atoms with Crippen LogP contribution < -0.4 is 10.6 Å². The largest absolute Gasteiger partial charge is 0.378 e. The minimum atomic E-state index is -0.434. The number of rotatable bonds is 6. The highest BCUT2D eigenvalue weighted by atomic mass is 16.6. The van der Waals surface area contributed by atoms with E-state index >= 15 is 0 Å². The van der Waals surface area contributed by atoms with Gasteiger partial charge in [0, 0.05) is 24.7 Å². The van der Waals surface area contributed by atoms with Crippen molar-refractivity contribution in [2.24, 2.45) is 0 Å². The molecule has 0 fully saturated rings. The van der Waals surface area contributed by atoms with E-state index in [2.05, 4.69) is 10.6 Å². The molecule has 2 aromatic rings. The van der Waals surface area contributed by atoms with Gasteiger partial charge in [-0.1, -0.05) is 24.3 Å². The van der Waals surface area contributed by atoms with Gasteiger partial charge in [0.15, 0.2) is 0 Å². The van der Waals surface area contributed by atoms with Crippen molar-refractivity contribution in [3.8, 4) is 0 Å². The number of para-hydroxylation sites is 2. The summed E-state index contributed by atoms with van der Waals surface area (Å²) in [5, 5.41) is 16.7. The molecule has 2 rings (SSSR count). The molecule has 0 saturated heterocycles. The van der Waals surface area contributed by atoms with Gasteiger partial charge in [-0.3, -0.25) is 14.9 Å². The highest BCUT2D eigenvalue weighted by Gasteiger charge is 2.12. The van der Waals surface area contributed by atoms with E-state index < -0.39 is 4.92 Å². The number of hydrogen-bond acceptors (Lipinski definition) is 4. The fraction of sp³-hybridized carbons (Fsp3) is 0.235. The average molecular weight is 313 g/mol. The van der Waals surface area contributed by atoms with Gasteiger partial charge in [0.2, 0.25) is 0 Å². The minimum absolute atomic E-state index is 0.0216. The second-order valence-electron chi connectivity index (χ2n) is 5.20. The first-order valence-electron chi connectivity index (χ1n) is 7.32. The molecule has 0 aliphatic heterocycles. The number of carbonyl (C=O) groups excluding carboxylic acids is 1. The van der Waals surface area contributed by atoms with Crippen molar-refractivity contribution in [2.75, 3.05) is 18.4 Å². The molecule has 0 spiro atoms. The van der Waals surface area contributed by atoms with Gasteiger partial charge in [0.1, 0.15) is 5.69 Å². The van der Waals surface area contributed by atoms with Gasteiger partial charge in [-0.05, 0) is 37.1 Å². The van der Waals surface area contributed by atoms with E-state index in [9.17, 15) is 14.9 Å². The zero-order chi connectivity index (χ0) is 16.8. The molecule has 0 atom stereocenters. The molecule has 0 aromatic heterocycles. The summed E-state index contributed by atoms with van der Waals surface area (Å²) in [7, 11) is 0. The van der Waals surface area contributed by atoms with Crippen LogP contribution >= 0.6 is 0 Å².